The van der Waals surface area contributed by atoms with Gasteiger partial charge < -0.3 is 0 Å². The Labute approximate surface area is 185 Å². The molecule has 2 aromatic carbocycles. The van der Waals surface area contributed by atoms with E-state index in [0.717, 1.165) is 18.8 Å². The Balaban J connectivity index is 0.000000146. The molecule has 3 aliphatic rings. The first-order valence-corrected chi connectivity index (χ1v) is 11.7. The Hall–Kier alpha value is -2.34. The highest BCUT2D eigenvalue weighted by atomic mass is 14.1. The van der Waals surface area contributed by atoms with Gasteiger partial charge in [0.2, 0.25) is 0 Å². The van der Waals surface area contributed by atoms with E-state index in [-0.39, 0.29) is 0 Å². The highest BCUT2D eigenvalue weighted by Gasteiger charge is 2.07. The molecule has 0 heteroatoms. The lowest BCUT2D eigenvalue weighted by molar-refractivity contribution is 0.385. The number of aryl methyl sites for hydroxylation is 1. The van der Waals surface area contributed by atoms with Gasteiger partial charge in [0.15, 0.2) is 0 Å². The van der Waals surface area contributed by atoms with Crippen molar-refractivity contribution in [3.63, 3.8) is 0 Å². The third-order valence-corrected chi connectivity index (χ3v) is 5.86. The lowest BCUT2D eigenvalue weighted by atomic mass is 9.91. The molecule has 160 valence electrons. The number of hydrogen-bond acceptors (Lipinski definition) is 0. The van der Waals surface area contributed by atoms with Crippen LogP contribution in [0.4, 0.5) is 0 Å². The van der Waals surface area contributed by atoms with Crippen molar-refractivity contribution in [3.05, 3.63) is 101 Å². The van der Waals surface area contributed by atoms with Crippen molar-refractivity contribution < 1.29 is 0 Å². The molecule has 30 heavy (non-hydrogen) atoms. The zero-order valence-corrected chi connectivity index (χ0v) is 19.5. The molecule has 1 saturated carbocycles. The van der Waals surface area contributed by atoms with E-state index in [1.807, 2.05) is 18.2 Å². The summed E-state index contributed by atoms with van der Waals surface area (Å²) < 4.78 is 0. The standard InChI is InChI=1S/C10H10.C7H14.C7H8.C6H8/c1-8-6-7-9-4-2-3-5-10(8)9;2*1-7-5-3-2-4-6-7;1-6-4-2-3-5-6/h2-6H,7H2,1H3;7H,2-6H2,1H3;2-6H,1H3;2,4-5H,3H2,1H3. The van der Waals surface area contributed by atoms with Gasteiger partial charge in [0.1, 0.15) is 0 Å². The van der Waals surface area contributed by atoms with Crippen LogP contribution in [0, 0.1) is 12.8 Å². The fourth-order valence-corrected chi connectivity index (χ4v) is 3.87. The van der Waals surface area contributed by atoms with Crippen LogP contribution < -0.4 is 0 Å². The number of fused-ring (bicyclic) bond motifs is 1. The van der Waals surface area contributed by atoms with Crippen LogP contribution in [0.1, 0.15) is 76.0 Å². The SMILES string of the molecule is CC1=CCC=C1.CC1=CCc2ccccc21.CC1CCCCC1.Cc1ccccc1. The molecular formula is C30H40. The van der Waals surface area contributed by atoms with Crippen molar-refractivity contribution in [2.75, 3.05) is 0 Å². The van der Waals surface area contributed by atoms with Gasteiger partial charge in [0.25, 0.3) is 0 Å². The van der Waals surface area contributed by atoms with E-state index in [4.69, 9.17) is 0 Å². The molecule has 2 aromatic rings. The summed E-state index contributed by atoms with van der Waals surface area (Å²) in [6.07, 6.45) is 18.5. The Bertz CT molecular complexity index is 811. The van der Waals surface area contributed by atoms with Crippen LogP contribution >= 0.6 is 0 Å². The van der Waals surface area contributed by atoms with Crippen LogP contribution in [-0.2, 0) is 6.42 Å². The van der Waals surface area contributed by atoms with E-state index in [9.17, 15) is 0 Å². The molecule has 0 saturated heterocycles. The van der Waals surface area contributed by atoms with E-state index in [2.05, 4.69) is 88.4 Å². The lowest BCUT2D eigenvalue weighted by Gasteiger charge is -2.15. The van der Waals surface area contributed by atoms with Crippen LogP contribution in [0.2, 0.25) is 0 Å². The molecule has 3 aliphatic carbocycles. The highest BCUT2D eigenvalue weighted by Crippen LogP contribution is 2.25. The molecule has 0 spiro atoms. The van der Waals surface area contributed by atoms with Crippen LogP contribution in [0.3, 0.4) is 0 Å². The summed E-state index contributed by atoms with van der Waals surface area (Å²) in [7, 11) is 0. The zero-order chi connectivity index (χ0) is 21.6. The van der Waals surface area contributed by atoms with Gasteiger partial charge in [-0.25, -0.2) is 0 Å². The predicted octanol–water partition coefficient (Wildman–Crippen LogP) is 9.12. The highest BCUT2D eigenvalue weighted by molar-refractivity contribution is 5.71. The first-order chi connectivity index (χ1) is 14.6. The summed E-state index contributed by atoms with van der Waals surface area (Å²) in [5.74, 6) is 1.04. The van der Waals surface area contributed by atoms with Gasteiger partial charge in [-0.1, -0.05) is 129 Å². The largest absolute Gasteiger partial charge is 0.0805 e. The minimum Gasteiger partial charge on any atom is -0.0805 e. The van der Waals surface area contributed by atoms with Gasteiger partial charge in [-0.2, -0.15) is 0 Å². The Morgan fingerprint density at radius 2 is 1.40 bits per heavy atom. The fraction of sp³-hybridized carbons (Fsp3) is 0.400. The summed E-state index contributed by atoms with van der Waals surface area (Å²) in [6, 6.07) is 18.8. The van der Waals surface area contributed by atoms with E-state index in [0.29, 0.717) is 0 Å². The quantitative estimate of drug-likeness (QED) is 0.413. The lowest BCUT2D eigenvalue weighted by Crippen LogP contribution is -1.99. The summed E-state index contributed by atoms with van der Waals surface area (Å²) >= 11 is 0. The van der Waals surface area contributed by atoms with Gasteiger partial charge in [0, 0.05) is 0 Å². The predicted molar refractivity (Wildman–Crippen MR) is 135 cm³/mol. The van der Waals surface area contributed by atoms with Crippen LogP contribution in [0.15, 0.2) is 84.5 Å². The van der Waals surface area contributed by atoms with Crippen LogP contribution in [0.25, 0.3) is 5.57 Å². The molecule has 0 nitrogen and oxygen atoms in total. The normalized spacial score (nSPS) is 16.5. The summed E-state index contributed by atoms with van der Waals surface area (Å²) in [5.41, 5.74) is 7.05. The van der Waals surface area contributed by atoms with Crippen LogP contribution in [-0.4, -0.2) is 0 Å². The number of benzene rings is 2. The van der Waals surface area contributed by atoms with Crippen molar-refractivity contribution in [3.8, 4) is 0 Å². The molecule has 0 radical (unpaired) electrons. The van der Waals surface area contributed by atoms with Crippen molar-refractivity contribution >= 4 is 5.57 Å². The fourth-order valence-electron chi connectivity index (χ4n) is 3.87. The van der Waals surface area contributed by atoms with E-state index in [1.165, 1.54) is 59.9 Å². The van der Waals surface area contributed by atoms with E-state index >= 15 is 0 Å². The van der Waals surface area contributed by atoms with Crippen molar-refractivity contribution in [2.45, 2.75) is 72.6 Å². The summed E-state index contributed by atoms with van der Waals surface area (Å²) in [4.78, 5) is 0. The molecule has 0 aromatic heterocycles. The second-order valence-electron chi connectivity index (χ2n) is 8.73. The molecule has 0 unspecified atom stereocenters. The topological polar surface area (TPSA) is 0 Å². The second-order valence-corrected chi connectivity index (χ2v) is 8.73. The molecular weight excluding hydrogens is 360 g/mol. The molecule has 1 fully saturated rings. The number of hydrogen-bond donors (Lipinski definition) is 0. The van der Waals surface area contributed by atoms with Crippen LogP contribution in [0.5, 0.6) is 0 Å². The maximum atomic E-state index is 2.36. The monoisotopic (exact) mass is 400 g/mol. The molecule has 0 aliphatic heterocycles. The average Bonchev–Trinajstić information content (AvgIpc) is 3.40. The maximum Gasteiger partial charge on any atom is -0.00855 e. The van der Waals surface area contributed by atoms with E-state index < -0.39 is 0 Å². The Kier molecular flexibility index (Phi) is 11.0. The first-order valence-electron chi connectivity index (χ1n) is 11.7. The first kappa shape index (κ1) is 23.9. The third kappa shape index (κ3) is 9.44. The molecule has 5 rings (SSSR count). The van der Waals surface area contributed by atoms with Gasteiger partial charge in [0.05, 0.1) is 0 Å². The molecule has 0 amide bonds. The van der Waals surface area contributed by atoms with Gasteiger partial charge >= 0.3 is 0 Å². The smallest absolute Gasteiger partial charge is 0.00855 e. The Morgan fingerprint density at radius 3 is 1.83 bits per heavy atom. The maximum absolute atomic E-state index is 2.36. The number of allylic oxidation sites excluding steroid dienone is 6. The minimum absolute atomic E-state index is 1.04. The second kappa shape index (κ2) is 13.8. The average molecular weight is 401 g/mol. The third-order valence-electron chi connectivity index (χ3n) is 5.86. The molecule has 0 N–H and O–H groups in total. The van der Waals surface area contributed by atoms with Gasteiger partial charge in [-0.15, -0.1) is 0 Å². The molecule has 0 atom stereocenters. The van der Waals surface area contributed by atoms with Gasteiger partial charge in [-0.3, -0.25) is 0 Å². The summed E-state index contributed by atoms with van der Waals surface area (Å²) in [6.45, 7) is 8.73. The summed E-state index contributed by atoms with van der Waals surface area (Å²) in [5, 5.41) is 0. The Morgan fingerprint density at radius 1 is 0.733 bits per heavy atom. The van der Waals surface area contributed by atoms with Crippen molar-refractivity contribution in [2.24, 2.45) is 5.92 Å². The van der Waals surface area contributed by atoms with Gasteiger partial charge in [-0.05, 0) is 56.2 Å². The molecule has 0 bridgehead atoms. The minimum atomic E-state index is 1.04. The van der Waals surface area contributed by atoms with Crippen molar-refractivity contribution in [1.29, 1.82) is 0 Å². The number of rotatable bonds is 0. The van der Waals surface area contributed by atoms with E-state index in [1.54, 1.807) is 0 Å². The molecule has 0 heterocycles. The zero-order valence-electron chi connectivity index (χ0n) is 19.5. The van der Waals surface area contributed by atoms with Crippen molar-refractivity contribution in [1.82, 2.24) is 0 Å².